The molecule has 1 heterocycles. The summed E-state index contributed by atoms with van der Waals surface area (Å²) in [5.74, 6) is -1.25. The molecule has 83 heavy (non-hydrogen) atoms. The molecule has 1 aliphatic rings. The summed E-state index contributed by atoms with van der Waals surface area (Å²) >= 11 is 0. The molecule has 6 N–H and O–H groups in total. The number of amides is 1. The van der Waals surface area contributed by atoms with E-state index in [0.717, 1.165) is 96.3 Å². The second kappa shape index (κ2) is 58.4. The van der Waals surface area contributed by atoms with Crippen LogP contribution in [0.3, 0.4) is 0 Å². The largest absolute Gasteiger partial charge is 0.454 e. The van der Waals surface area contributed by atoms with E-state index in [4.69, 9.17) is 14.2 Å². The van der Waals surface area contributed by atoms with Crippen molar-refractivity contribution in [2.45, 2.75) is 307 Å². The minimum atomic E-state index is -1.64. The van der Waals surface area contributed by atoms with Gasteiger partial charge in [0.15, 0.2) is 12.4 Å². The first-order valence-electron chi connectivity index (χ1n) is 33.4. The Labute approximate surface area is 506 Å². The summed E-state index contributed by atoms with van der Waals surface area (Å²) in [6, 6.07) is -1.04. The molecule has 0 aromatic heterocycles. The van der Waals surface area contributed by atoms with E-state index in [1.165, 1.54) is 116 Å². The third-order valence-electron chi connectivity index (χ3n) is 15.0. The zero-order valence-electron chi connectivity index (χ0n) is 52.5. The zero-order chi connectivity index (χ0) is 60.3. The number of carbonyl (C=O) groups excluding carboxylic acids is 2. The fraction of sp³-hybridized carbons (Fsp3) is 0.694. The Balaban J connectivity index is 2.64. The molecule has 8 unspecified atom stereocenters. The lowest BCUT2D eigenvalue weighted by Crippen LogP contribution is -2.61. The predicted octanol–water partition coefficient (Wildman–Crippen LogP) is 16.6. The van der Waals surface area contributed by atoms with Crippen molar-refractivity contribution in [3.8, 4) is 0 Å². The lowest BCUT2D eigenvalue weighted by molar-refractivity contribution is -0.305. The van der Waals surface area contributed by atoms with Crippen LogP contribution in [-0.4, -0.2) is 99.6 Å². The SMILES string of the molecule is CC/C=C/C=C/C=C\C=C/C=C/CCCCCC(=O)OC1C(OCC(NC(=O)C(O)CCCCCCCCCCCC/C=C\C/C=C\C/C=C\C/C=C\CCCCC)C(O)/C=C/CCCCCCCCCCCCC)OC(CO)C(O)C1O. The lowest BCUT2D eigenvalue weighted by Gasteiger charge is -2.41. The number of esters is 1. The van der Waals surface area contributed by atoms with E-state index < -0.39 is 67.4 Å². The van der Waals surface area contributed by atoms with Gasteiger partial charge >= 0.3 is 5.97 Å². The van der Waals surface area contributed by atoms with Crippen LogP contribution in [0.15, 0.2) is 122 Å². The van der Waals surface area contributed by atoms with Gasteiger partial charge in [-0.05, 0) is 89.9 Å². The topological polar surface area (TPSA) is 175 Å². The van der Waals surface area contributed by atoms with Crippen molar-refractivity contribution in [3.63, 3.8) is 0 Å². The summed E-state index contributed by atoms with van der Waals surface area (Å²) < 4.78 is 17.6. The molecule has 8 atom stereocenters. The van der Waals surface area contributed by atoms with Crippen molar-refractivity contribution in [3.05, 3.63) is 122 Å². The third kappa shape index (κ3) is 46.0. The van der Waals surface area contributed by atoms with Crippen LogP contribution in [0, 0.1) is 0 Å². The maximum atomic E-state index is 13.5. The summed E-state index contributed by atoms with van der Waals surface area (Å²) in [7, 11) is 0. The highest BCUT2D eigenvalue weighted by atomic mass is 16.7. The Morgan fingerprint density at radius 3 is 1.43 bits per heavy atom. The maximum Gasteiger partial charge on any atom is 0.306 e. The van der Waals surface area contributed by atoms with Gasteiger partial charge in [0.1, 0.15) is 24.4 Å². The molecule has 11 heteroatoms. The molecular weight excluding hydrogens is 1040 g/mol. The van der Waals surface area contributed by atoms with Crippen LogP contribution in [0.25, 0.3) is 0 Å². The van der Waals surface area contributed by atoms with E-state index in [-0.39, 0.29) is 19.4 Å². The van der Waals surface area contributed by atoms with Gasteiger partial charge in [0.2, 0.25) is 5.91 Å². The monoisotopic (exact) mass is 1160 g/mol. The standard InChI is InChI=1S/C72H121NO10/c1-4-7-10-13-16-19-22-25-27-28-29-30-31-32-33-34-35-36-37-39-41-44-47-50-53-56-59-65(76)71(80)73-63(64(75)58-55-52-49-46-43-40-24-21-18-15-12-9-6-3)62-81-72-70(69(79)68(78)66(61-74)82-72)83-67(77)60-57-54-51-48-45-42-38-26-23-20-17-14-11-8-5-2/h8,11,14,16-17,19-20,23,25-27,29-30,32-33,38,42,45,55,58,63-66,68-70,72,74-76,78-79H,4-7,9-10,12-13,15,18,21-22,24,28,31,34-37,39-41,43-44,46-54,56-57,59-62H2,1-3H3,(H,73,80)/b11-8+,17-14+,19-16-,23-20-,27-25-,30-29-,33-32-,38-26-,45-42+,58-55+. The van der Waals surface area contributed by atoms with Crippen LogP contribution in [0.2, 0.25) is 0 Å². The summed E-state index contributed by atoms with van der Waals surface area (Å²) in [6.45, 7) is 5.59. The van der Waals surface area contributed by atoms with Crippen LogP contribution in [0.5, 0.6) is 0 Å². The highest BCUT2D eigenvalue weighted by Crippen LogP contribution is 2.26. The van der Waals surface area contributed by atoms with Gasteiger partial charge in [0.05, 0.1) is 25.4 Å². The average molecular weight is 1160 g/mol. The molecule has 0 bridgehead atoms. The highest BCUT2D eigenvalue weighted by Gasteiger charge is 2.47. The Morgan fingerprint density at radius 2 is 0.916 bits per heavy atom. The summed E-state index contributed by atoms with van der Waals surface area (Å²) in [4.78, 5) is 26.6. The van der Waals surface area contributed by atoms with Crippen molar-refractivity contribution in [1.29, 1.82) is 0 Å². The quantitative estimate of drug-likeness (QED) is 0.0149. The molecule has 0 aromatic rings. The van der Waals surface area contributed by atoms with Crippen LogP contribution >= 0.6 is 0 Å². The van der Waals surface area contributed by atoms with Gasteiger partial charge in [-0.1, -0.05) is 284 Å². The predicted molar refractivity (Wildman–Crippen MR) is 347 cm³/mol. The number of unbranched alkanes of at least 4 members (excludes halogenated alkanes) is 27. The second-order valence-corrected chi connectivity index (χ2v) is 22.6. The van der Waals surface area contributed by atoms with Gasteiger partial charge in [-0.15, -0.1) is 0 Å². The van der Waals surface area contributed by atoms with E-state index in [2.05, 4.69) is 86.8 Å². The fourth-order valence-electron chi connectivity index (χ4n) is 9.71. The first-order valence-corrected chi connectivity index (χ1v) is 33.4. The number of aliphatic hydroxyl groups is 5. The van der Waals surface area contributed by atoms with E-state index in [1.54, 1.807) is 6.08 Å². The molecule has 1 saturated heterocycles. The lowest BCUT2D eigenvalue weighted by atomic mass is 9.99. The van der Waals surface area contributed by atoms with Gasteiger partial charge in [0.25, 0.3) is 0 Å². The summed E-state index contributed by atoms with van der Waals surface area (Å²) in [6.07, 6.45) is 70.9. The first-order chi connectivity index (χ1) is 40.7. The molecule has 1 amide bonds. The molecule has 0 saturated carbocycles. The molecule has 0 radical (unpaired) electrons. The average Bonchev–Trinajstić information content (AvgIpc) is 3.54. The van der Waals surface area contributed by atoms with E-state index >= 15 is 0 Å². The van der Waals surface area contributed by atoms with Crippen molar-refractivity contribution >= 4 is 11.9 Å². The maximum absolute atomic E-state index is 13.5. The summed E-state index contributed by atoms with van der Waals surface area (Å²) in [5, 5.41) is 57.1. The number of aliphatic hydroxyl groups excluding tert-OH is 5. The Hall–Kier alpha value is -3.94. The van der Waals surface area contributed by atoms with Crippen molar-refractivity contribution in [1.82, 2.24) is 5.32 Å². The van der Waals surface area contributed by atoms with E-state index in [1.807, 2.05) is 54.7 Å². The molecule has 0 aromatic carbocycles. The van der Waals surface area contributed by atoms with Gasteiger partial charge in [-0.3, -0.25) is 9.59 Å². The molecule has 0 spiro atoms. The molecule has 1 fully saturated rings. The van der Waals surface area contributed by atoms with Crippen molar-refractivity contribution in [2.24, 2.45) is 0 Å². The number of nitrogens with one attached hydrogen (secondary N) is 1. The van der Waals surface area contributed by atoms with Crippen LogP contribution in [0.1, 0.15) is 258 Å². The van der Waals surface area contributed by atoms with Crippen molar-refractivity contribution in [2.75, 3.05) is 13.2 Å². The number of hydrogen-bond donors (Lipinski definition) is 6. The first kappa shape index (κ1) is 77.1. The molecule has 474 valence electrons. The number of allylic oxidation sites excluding steroid dienone is 19. The Kier molecular flexibility index (Phi) is 54.3. The number of ether oxygens (including phenoxy) is 3. The van der Waals surface area contributed by atoms with Crippen LogP contribution < -0.4 is 5.32 Å². The van der Waals surface area contributed by atoms with Gasteiger partial charge in [0, 0.05) is 6.42 Å². The molecule has 1 aliphatic heterocycles. The minimum absolute atomic E-state index is 0.0682. The molecular formula is C72H121NO10. The van der Waals surface area contributed by atoms with Gasteiger partial charge in [-0.25, -0.2) is 0 Å². The van der Waals surface area contributed by atoms with Crippen LogP contribution in [0.4, 0.5) is 0 Å². The normalized spacial score (nSPS) is 19.3. The number of rotatable bonds is 55. The summed E-state index contributed by atoms with van der Waals surface area (Å²) in [5.41, 5.74) is 0. The third-order valence-corrected chi connectivity index (χ3v) is 15.0. The number of carbonyl (C=O) groups is 2. The van der Waals surface area contributed by atoms with Crippen molar-refractivity contribution < 1.29 is 49.3 Å². The molecule has 1 rings (SSSR count). The molecule has 11 nitrogen and oxygen atoms in total. The van der Waals surface area contributed by atoms with Gasteiger partial charge in [-0.2, -0.15) is 0 Å². The minimum Gasteiger partial charge on any atom is -0.454 e. The smallest absolute Gasteiger partial charge is 0.306 e. The number of hydrogen-bond acceptors (Lipinski definition) is 10. The second-order valence-electron chi connectivity index (χ2n) is 22.6. The van der Waals surface area contributed by atoms with Crippen LogP contribution in [-0.2, 0) is 23.8 Å². The Bertz CT molecular complexity index is 1810. The Morgan fingerprint density at radius 1 is 0.494 bits per heavy atom. The zero-order valence-corrected chi connectivity index (χ0v) is 52.5. The molecule has 0 aliphatic carbocycles. The fourth-order valence-corrected chi connectivity index (χ4v) is 9.71. The highest BCUT2D eigenvalue weighted by molar-refractivity contribution is 5.80. The van der Waals surface area contributed by atoms with E-state index in [0.29, 0.717) is 12.8 Å². The van der Waals surface area contributed by atoms with Gasteiger partial charge < -0.3 is 45.1 Å². The van der Waals surface area contributed by atoms with E-state index in [9.17, 15) is 35.1 Å².